The van der Waals surface area contributed by atoms with Gasteiger partial charge in [-0.1, -0.05) is 38.1 Å². The number of carboxylic acid groups (broad SMARTS) is 1. The maximum atomic E-state index is 13.8. The van der Waals surface area contributed by atoms with E-state index >= 15 is 0 Å². The molecule has 0 saturated heterocycles. The lowest BCUT2D eigenvalue weighted by Crippen LogP contribution is -2.19. The van der Waals surface area contributed by atoms with Crippen molar-refractivity contribution in [2.75, 3.05) is 6.26 Å². The highest BCUT2D eigenvalue weighted by molar-refractivity contribution is 7.89. The maximum absolute atomic E-state index is 13.8. The third kappa shape index (κ3) is 6.71. The smallest absolute Gasteiger partial charge is 0.305 e. The Kier molecular flexibility index (Phi) is 8.68. The van der Waals surface area contributed by atoms with Crippen LogP contribution in [0.15, 0.2) is 54.6 Å². The molecule has 0 unspecified atom stereocenters. The molecular weight excluding hydrogens is 504 g/mol. The van der Waals surface area contributed by atoms with Crippen molar-refractivity contribution in [3.05, 3.63) is 77.5 Å². The summed E-state index contributed by atoms with van der Waals surface area (Å²) in [6.07, 6.45) is 0.609. The fourth-order valence-electron chi connectivity index (χ4n) is 4.27. The molecule has 0 aliphatic carbocycles. The van der Waals surface area contributed by atoms with E-state index in [0.717, 1.165) is 6.26 Å². The summed E-state index contributed by atoms with van der Waals surface area (Å²) in [6.45, 7) is 3.59. The summed E-state index contributed by atoms with van der Waals surface area (Å²) in [5.41, 5.74) is 2.39. The quantitative estimate of drug-likeness (QED) is 0.350. The molecule has 1 aromatic heterocycles. The minimum absolute atomic E-state index is 0.247. The van der Waals surface area contributed by atoms with Gasteiger partial charge in [0.2, 0.25) is 10.0 Å². The number of carbonyl (C=O) groups is 1. The summed E-state index contributed by atoms with van der Waals surface area (Å²) in [4.78, 5) is 10.8. The Morgan fingerprint density at radius 2 is 1.49 bits per heavy atom. The van der Waals surface area contributed by atoms with Crippen LogP contribution in [-0.2, 0) is 14.8 Å². The van der Waals surface area contributed by atoms with Crippen LogP contribution < -0.4 is 0 Å². The summed E-state index contributed by atoms with van der Waals surface area (Å²) in [7, 11) is -3.91. The number of hydrogen-bond acceptors (Lipinski definition) is 5. The first-order chi connectivity index (χ1) is 17.3. The SMILES string of the molecule is CC(C)c1c(/C=C/[C@@H](O)C[C@@H](O)CC(=O)O)c(-c2ccc(F)cc2)c(-c2ccc(F)cc2)n1S(C)(=O)=O. The predicted octanol–water partition coefficient (Wildman–Crippen LogP) is 4.63. The lowest BCUT2D eigenvalue weighted by atomic mass is 9.94. The minimum Gasteiger partial charge on any atom is -0.481 e. The van der Waals surface area contributed by atoms with E-state index in [0.29, 0.717) is 27.9 Å². The highest BCUT2D eigenvalue weighted by Crippen LogP contribution is 2.43. The molecule has 198 valence electrons. The van der Waals surface area contributed by atoms with Gasteiger partial charge < -0.3 is 15.3 Å². The molecule has 7 nitrogen and oxygen atoms in total. The number of nitrogens with zero attached hydrogens (tertiary/aromatic N) is 1. The van der Waals surface area contributed by atoms with Crippen molar-refractivity contribution in [1.29, 1.82) is 0 Å². The predicted molar refractivity (Wildman–Crippen MR) is 137 cm³/mol. The van der Waals surface area contributed by atoms with Crippen molar-refractivity contribution in [2.45, 2.75) is 44.8 Å². The van der Waals surface area contributed by atoms with Crippen LogP contribution in [0.4, 0.5) is 8.78 Å². The van der Waals surface area contributed by atoms with E-state index in [1.165, 1.54) is 64.7 Å². The first-order valence-corrected chi connectivity index (χ1v) is 13.4. The van der Waals surface area contributed by atoms with Gasteiger partial charge in [-0.3, -0.25) is 4.79 Å². The minimum atomic E-state index is -3.91. The number of carboxylic acids is 1. The molecule has 1 heterocycles. The molecule has 0 bridgehead atoms. The van der Waals surface area contributed by atoms with Gasteiger partial charge in [-0.05, 0) is 47.9 Å². The molecule has 0 spiro atoms. The van der Waals surface area contributed by atoms with E-state index in [4.69, 9.17) is 5.11 Å². The van der Waals surface area contributed by atoms with Crippen LogP contribution in [0.5, 0.6) is 0 Å². The fourth-order valence-corrected chi connectivity index (χ4v) is 5.47. The molecule has 0 aliphatic rings. The van der Waals surface area contributed by atoms with Gasteiger partial charge in [0.15, 0.2) is 0 Å². The highest BCUT2D eigenvalue weighted by Gasteiger charge is 2.29. The van der Waals surface area contributed by atoms with Gasteiger partial charge in [-0.15, -0.1) is 0 Å². The largest absolute Gasteiger partial charge is 0.481 e. The fraction of sp³-hybridized carbons (Fsp3) is 0.296. The second-order valence-electron chi connectivity index (χ2n) is 9.13. The van der Waals surface area contributed by atoms with Crippen molar-refractivity contribution in [1.82, 2.24) is 3.97 Å². The van der Waals surface area contributed by atoms with E-state index < -0.39 is 46.3 Å². The zero-order valence-corrected chi connectivity index (χ0v) is 21.4. The number of aliphatic hydroxyl groups is 2. The van der Waals surface area contributed by atoms with Crippen molar-refractivity contribution in [2.24, 2.45) is 0 Å². The zero-order valence-electron chi connectivity index (χ0n) is 20.6. The maximum Gasteiger partial charge on any atom is 0.305 e. The number of aromatic nitrogens is 1. The van der Waals surface area contributed by atoms with Gasteiger partial charge in [0, 0.05) is 28.8 Å². The van der Waals surface area contributed by atoms with Gasteiger partial charge in [0.1, 0.15) is 11.6 Å². The number of hydrogen-bond donors (Lipinski definition) is 3. The molecule has 10 heteroatoms. The summed E-state index contributed by atoms with van der Waals surface area (Å²) in [5.74, 6) is -2.54. The molecule has 37 heavy (non-hydrogen) atoms. The molecule has 0 radical (unpaired) electrons. The molecular formula is C27H29F2NO6S. The van der Waals surface area contributed by atoms with Crippen LogP contribution >= 0.6 is 0 Å². The van der Waals surface area contributed by atoms with E-state index in [2.05, 4.69) is 0 Å². The summed E-state index contributed by atoms with van der Waals surface area (Å²) in [5, 5.41) is 29.2. The lowest BCUT2D eigenvalue weighted by molar-refractivity contribution is -0.139. The van der Waals surface area contributed by atoms with Crippen LogP contribution in [-0.4, -0.2) is 52.1 Å². The van der Waals surface area contributed by atoms with Gasteiger partial charge in [0.05, 0.1) is 30.6 Å². The van der Waals surface area contributed by atoms with Crippen LogP contribution in [0.3, 0.4) is 0 Å². The number of aliphatic hydroxyl groups excluding tert-OH is 2. The van der Waals surface area contributed by atoms with Crippen LogP contribution in [0.2, 0.25) is 0 Å². The Labute approximate surface area is 214 Å². The topological polar surface area (TPSA) is 117 Å². The van der Waals surface area contributed by atoms with Crippen LogP contribution in [0, 0.1) is 11.6 Å². The first-order valence-electron chi connectivity index (χ1n) is 11.6. The molecule has 2 atom stereocenters. The Bertz CT molecular complexity index is 1390. The molecule has 3 aromatic rings. The van der Waals surface area contributed by atoms with E-state index in [-0.39, 0.29) is 18.0 Å². The summed E-state index contributed by atoms with van der Waals surface area (Å²) >= 11 is 0. The number of halogens is 2. The number of aliphatic carboxylic acids is 1. The van der Waals surface area contributed by atoms with Crippen LogP contribution in [0.25, 0.3) is 28.5 Å². The second kappa shape index (κ2) is 11.4. The van der Waals surface area contributed by atoms with Crippen molar-refractivity contribution >= 4 is 22.1 Å². The second-order valence-corrected chi connectivity index (χ2v) is 11.0. The average Bonchev–Trinajstić information content (AvgIpc) is 3.14. The van der Waals surface area contributed by atoms with Gasteiger partial charge in [-0.25, -0.2) is 21.2 Å². The summed E-state index contributed by atoms with van der Waals surface area (Å²) in [6, 6.07) is 10.8. The van der Waals surface area contributed by atoms with E-state index in [1.807, 2.05) is 0 Å². The highest BCUT2D eigenvalue weighted by atomic mass is 32.2. The molecule has 0 saturated carbocycles. The Morgan fingerprint density at radius 1 is 0.973 bits per heavy atom. The lowest BCUT2D eigenvalue weighted by Gasteiger charge is -2.15. The monoisotopic (exact) mass is 533 g/mol. The van der Waals surface area contributed by atoms with Gasteiger partial charge in [-0.2, -0.15) is 0 Å². The van der Waals surface area contributed by atoms with Gasteiger partial charge >= 0.3 is 5.97 Å². The third-order valence-corrected chi connectivity index (χ3v) is 6.78. The third-order valence-electron chi connectivity index (χ3n) is 5.74. The molecule has 3 rings (SSSR count). The Morgan fingerprint density at radius 3 is 1.95 bits per heavy atom. The van der Waals surface area contributed by atoms with E-state index in [9.17, 15) is 32.2 Å². The average molecular weight is 534 g/mol. The Balaban J connectivity index is 2.34. The molecule has 0 fully saturated rings. The molecule has 2 aromatic carbocycles. The van der Waals surface area contributed by atoms with Crippen LogP contribution in [0.1, 0.15) is 43.9 Å². The number of rotatable bonds is 10. The van der Waals surface area contributed by atoms with Crippen molar-refractivity contribution < 1.29 is 37.3 Å². The van der Waals surface area contributed by atoms with Crippen molar-refractivity contribution in [3.8, 4) is 22.4 Å². The van der Waals surface area contributed by atoms with E-state index in [1.54, 1.807) is 13.8 Å². The zero-order chi connectivity index (χ0) is 27.5. The Hall–Kier alpha value is -3.34. The van der Waals surface area contributed by atoms with Crippen molar-refractivity contribution in [3.63, 3.8) is 0 Å². The summed E-state index contributed by atoms with van der Waals surface area (Å²) < 4.78 is 55.0. The molecule has 0 amide bonds. The normalized spacial score (nSPS) is 13.8. The number of benzene rings is 2. The standard InChI is InChI=1S/C27H29F2NO6S/c1-16(2)26-23(13-12-21(31)14-22(32)15-24(33)34)25(17-4-8-19(28)9-5-17)27(30(26)37(3,35)36)18-6-10-20(29)11-7-18/h4-13,16,21-22,31-32H,14-15H2,1-3H3,(H,33,34)/b13-12+/t21-,22-/m1/s1. The first kappa shape index (κ1) is 28.2. The molecule has 3 N–H and O–H groups in total. The van der Waals surface area contributed by atoms with Gasteiger partial charge in [0.25, 0.3) is 0 Å². The molecule has 0 aliphatic heterocycles.